The third-order valence-electron chi connectivity index (χ3n) is 3.53. The second-order valence-electron chi connectivity index (χ2n) is 5.24. The average Bonchev–Trinajstić information content (AvgIpc) is 2.56. The van der Waals surface area contributed by atoms with Gasteiger partial charge in [-0.2, -0.15) is 0 Å². The summed E-state index contributed by atoms with van der Waals surface area (Å²) in [4.78, 5) is 12.3. The number of nitrogens with one attached hydrogen (secondary N) is 1. The van der Waals surface area contributed by atoms with Crippen molar-refractivity contribution in [1.82, 2.24) is 0 Å². The minimum Gasteiger partial charge on any atom is -0.481 e. The Morgan fingerprint density at radius 2 is 1.70 bits per heavy atom. The molecule has 0 heterocycles. The van der Waals surface area contributed by atoms with Crippen molar-refractivity contribution >= 4 is 38.3 Å². The monoisotopic (exact) mass is 369 g/mol. The Hall–Kier alpha value is -2.33. The van der Waals surface area contributed by atoms with Crippen molar-refractivity contribution in [2.75, 3.05) is 5.32 Å². The number of rotatable bonds is 4. The van der Waals surface area contributed by atoms with Gasteiger partial charge in [-0.15, -0.1) is 0 Å². The predicted octanol–water partition coefficient (Wildman–Crippen LogP) is 5.01. The number of amides is 1. The van der Waals surface area contributed by atoms with Gasteiger partial charge in [0.15, 0.2) is 6.10 Å². The quantitative estimate of drug-likeness (QED) is 0.701. The van der Waals surface area contributed by atoms with Gasteiger partial charge in [-0.3, -0.25) is 4.79 Å². The lowest BCUT2D eigenvalue weighted by Crippen LogP contribution is -2.30. The van der Waals surface area contributed by atoms with Crippen LogP contribution in [-0.2, 0) is 4.79 Å². The topological polar surface area (TPSA) is 38.3 Å². The predicted molar refractivity (Wildman–Crippen MR) is 96.8 cm³/mol. The number of halogens is 1. The molecule has 1 atom stereocenters. The molecule has 0 aromatic heterocycles. The molecule has 0 aliphatic rings. The van der Waals surface area contributed by atoms with Gasteiger partial charge in [0.05, 0.1) is 5.69 Å². The number of carbonyl (C=O) groups is 1. The average molecular weight is 370 g/mol. The van der Waals surface area contributed by atoms with E-state index in [4.69, 9.17) is 4.74 Å². The zero-order chi connectivity index (χ0) is 16.2. The number of hydrogen-bond donors (Lipinski definition) is 1. The number of para-hydroxylation sites is 1. The van der Waals surface area contributed by atoms with Gasteiger partial charge in [-0.1, -0.05) is 42.5 Å². The largest absolute Gasteiger partial charge is 0.481 e. The summed E-state index contributed by atoms with van der Waals surface area (Å²) in [7, 11) is 0. The number of hydrogen-bond acceptors (Lipinski definition) is 2. The smallest absolute Gasteiger partial charge is 0.265 e. The molecule has 1 unspecified atom stereocenters. The van der Waals surface area contributed by atoms with Crippen molar-refractivity contribution < 1.29 is 9.53 Å². The van der Waals surface area contributed by atoms with Gasteiger partial charge in [0.1, 0.15) is 5.75 Å². The van der Waals surface area contributed by atoms with Crippen LogP contribution in [0.5, 0.6) is 5.75 Å². The highest BCUT2D eigenvalue weighted by molar-refractivity contribution is 9.10. The van der Waals surface area contributed by atoms with E-state index in [2.05, 4.69) is 21.2 Å². The van der Waals surface area contributed by atoms with Crippen LogP contribution < -0.4 is 10.1 Å². The summed E-state index contributed by atoms with van der Waals surface area (Å²) >= 11 is 3.41. The summed E-state index contributed by atoms with van der Waals surface area (Å²) < 4.78 is 6.61. The Bertz CT molecular complexity index is 847. The number of ether oxygens (including phenoxy) is 1. The first-order valence-corrected chi connectivity index (χ1v) is 8.13. The van der Waals surface area contributed by atoms with E-state index in [1.807, 2.05) is 66.7 Å². The van der Waals surface area contributed by atoms with Crippen molar-refractivity contribution in [2.24, 2.45) is 0 Å². The molecule has 0 saturated heterocycles. The second-order valence-corrected chi connectivity index (χ2v) is 6.09. The fourth-order valence-electron chi connectivity index (χ4n) is 2.30. The summed E-state index contributed by atoms with van der Waals surface area (Å²) in [5, 5.41) is 5.09. The minimum absolute atomic E-state index is 0.190. The lowest BCUT2D eigenvalue weighted by Gasteiger charge is -2.15. The van der Waals surface area contributed by atoms with Crippen molar-refractivity contribution in [1.29, 1.82) is 0 Å². The van der Waals surface area contributed by atoms with Gasteiger partial charge in [0.2, 0.25) is 0 Å². The third kappa shape index (κ3) is 3.71. The Labute approximate surface area is 143 Å². The van der Waals surface area contributed by atoms with Gasteiger partial charge < -0.3 is 10.1 Å². The molecule has 3 rings (SSSR count). The van der Waals surface area contributed by atoms with Gasteiger partial charge >= 0.3 is 0 Å². The van der Waals surface area contributed by atoms with Crippen LogP contribution in [0.1, 0.15) is 6.92 Å². The summed E-state index contributed by atoms with van der Waals surface area (Å²) in [5.41, 5.74) is 0.728. The van der Waals surface area contributed by atoms with Gasteiger partial charge in [0.25, 0.3) is 5.91 Å². The highest BCUT2D eigenvalue weighted by Crippen LogP contribution is 2.23. The van der Waals surface area contributed by atoms with E-state index in [-0.39, 0.29) is 5.91 Å². The fraction of sp³-hybridized carbons (Fsp3) is 0.105. The van der Waals surface area contributed by atoms with E-state index in [9.17, 15) is 4.79 Å². The summed E-state index contributed by atoms with van der Waals surface area (Å²) in [6.07, 6.45) is -0.594. The van der Waals surface area contributed by atoms with E-state index < -0.39 is 6.10 Å². The number of carbonyl (C=O) groups excluding carboxylic acids is 1. The first-order valence-electron chi connectivity index (χ1n) is 7.34. The lowest BCUT2D eigenvalue weighted by atomic mass is 10.1. The van der Waals surface area contributed by atoms with E-state index in [0.29, 0.717) is 5.75 Å². The Morgan fingerprint density at radius 3 is 2.48 bits per heavy atom. The Kier molecular flexibility index (Phi) is 4.63. The molecule has 4 heteroatoms. The molecule has 0 bridgehead atoms. The van der Waals surface area contributed by atoms with Crippen LogP contribution in [0.4, 0.5) is 5.69 Å². The molecule has 116 valence electrons. The van der Waals surface area contributed by atoms with Gasteiger partial charge in [-0.05, 0) is 57.9 Å². The summed E-state index contributed by atoms with van der Waals surface area (Å²) in [6.45, 7) is 1.74. The molecule has 0 radical (unpaired) electrons. The molecule has 0 aliphatic carbocycles. The molecule has 3 nitrogen and oxygen atoms in total. The first kappa shape index (κ1) is 15.6. The molecule has 0 aliphatic heterocycles. The second kappa shape index (κ2) is 6.84. The zero-order valence-corrected chi connectivity index (χ0v) is 14.2. The van der Waals surface area contributed by atoms with Gasteiger partial charge in [-0.25, -0.2) is 0 Å². The highest BCUT2D eigenvalue weighted by Gasteiger charge is 2.16. The number of fused-ring (bicyclic) bond motifs is 1. The van der Waals surface area contributed by atoms with Crippen molar-refractivity contribution in [3.05, 3.63) is 71.2 Å². The summed E-state index contributed by atoms with van der Waals surface area (Å²) in [5.74, 6) is 0.489. The Morgan fingerprint density at radius 1 is 1.00 bits per heavy atom. The molecule has 0 saturated carbocycles. The van der Waals surface area contributed by atoms with Crippen molar-refractivity contribution in [3.63, 3.8) is 0 Å². The third-order valence-corrected chi connectivity index (χ3v) is 4.23. The van der Waals surface area contributed by atoms with Crippen LogP contribution in [0.15, 0.2) is 71.2 Å². The molecule has 3 aromatic carbocycles. The Balaban J connectivity index is 1.71. The molecular weight excluding hydrogens is 354 g/mol. The molecule has 1 N–H and O–H groups in total. The maximum absolute atomic E-state index is 12.3. The van der Waals surface area contributed by atoms with Crippen LogP contribution in [0.2, 0.25) is 0 Å². The molecule has 3 aromatic rings. The maximum Gasteiger partial charge on any atom is 0.265 e. The van der Waals surface area contributed by atoms with Crippen LogP contribution >= 0.6 is 15.9 Å². The first-order chi connectivity index (χ1) is 11.1. The minimum atomic E-state index is -0.594. The zero-order valence-electron chi connectivity index (χ0n) is 12.6. The SMILES string of the molecule is CC(Oc1ccc2ccccc2c1)C(=O)Nc1ccccc1Br. The van der Waals surface area contributed by atoms with E-state index >= 15 is 0 Å². The lowest BCUT2D eigenvalue weighted by molar-refractivity contribution is -0.122. The van der Waals surface area contributed by atoms with E-state index in [0.717, 1.165) is 20.9 Å². The molecular formula is C19H16BrNO2. The summed E-state index contributed by atoms with van der Waals surface area (Å²) in [6, 6.07) is 21.3. The van der Waals surface area contributed by atoms with Crippen LogP contribution in [0.25, 0.3) is 10.8 Å². The van der Waals surface area contributed by atoms with Crippen LogP contribution in [-0.4, -0.2) is 12.0 Å². The number of anilines is 1. The number of benzene rings is 3. The van der Waals surface area contributed by atoms with E-state index in [1.54, 1.807) is 6.92 Å². The van der Waals surface area contributed by atoms with Gasteiger partial charge in [0, 0.05) is 4.47 Å². The van der Waals surface area contributed by atoms with Crippen LogP contribution in [0.3, 0.4) is 0 Å². The molecule has 23 heavy (non-hydrogen) atoms. The standard InChI is InChI=1S/C19H16BrNO2/c1-13(19(22)21-18-9-5-4-8-17(18)20)23-16-11-10-14-6-2-3-7-15(14)12-16/h2-13H,1H3,(H,21,22). The van der Waals surface area contributed by atoms with Crippen molar-refractivity contribution in [2.45, 2.75) is 13.0 Å². The molecule has 1 amide bonds. The molecule has 0 fully saturated rings. The maximum atomic E-state index is 12.3. The highest BCUT2D eigenvalue weighted by atomic mass is 79.9. The fourth-order valence-corrected chi connectivity index (χ4v) is 2.68. The molecule has 0 spiro atoms. The van der Waals surface area contributed by atoms with Crippen LogP contribution in [0, 0.1) is 0 Å². The van der Waals surface area contributed by atoms with Crippen molar-refractivity contribution in [3.8, 4) is 5.75 Å². The van der Waals surface area contributed by atoms with E-state index in [1.165, 1.54) is 0 Å². The normalized spacial score (nSPS) is 11.9.